The number of hydrogen-bond acceptors (Lipinski definition) is 5. The quantitative estimate of drug-likeness (QED) is 0.807. The highest BCUT2D eigenvalue weighted by Crippen LogP contribution is 2.23. The third-order valence-corrected chi connectivity index (χ3v) is 3.83. The first-order chi connectivity index (χ1) is 11.2. The van der Waals surface area contributed by atoms with Crippen molar-refractivity contribution in [1.82, 2.24) is 24.9 Å². The lowest BCUT2D eigenvalue weighted by Gasteiger charge is -2.24. The lowest BCUT2D eigenvalue weighted by Crippen LogP contribution is -2.35. The molecule has 0 aromatic carbocycles. The Morgan fingerprint density at radius 1 is 1.48 bits per heavy atom. The number of halogens is 1. The van der Waals surface area contributed by atoms with Crippen molar-refractivity contribution in [1.29, 1.82) is 0 Å². The normalized spacial score (nSPS) is 14.5. The molecular formula is C15H16ClN5O2. The SMILES string of the molecule is CCOC(=O)N1CC=C(c2cn(-c3cccnc3Cl)nn2)CC1. The minimum atomic E-state index is -0.284. The third kappa shape index (κ3) is 3.34. The fraction of sp³-hybridized carbons (Fsp3) is 0.333. The van der Waals surface area contributed by atoms with Crippen LogP contribution in [0, 0.1) is 0 Å². The van der Waals surface area contributed by atoms with E-state index in [9.17, 15) is 4.79 Å². The third-order valence-electron chi connectivity index (χ3n) is 3.54. The summed E-state index contributed by atoms with van der Waals surface area (Å²) in [6.07, 6.45) is 5.83. The van der Waals surface area contributed by atoms with Gasteiger partial charge in [-0.15, -0.1) is 5.10 Å². The standard InChI is InChI=1S/C15H16ClN5O2/c1-2-23-15(22)20-8-5-11(6-9-20)12-10-21(19-18-12)13-4-3-7-17-14(13)16/h3-5,7,10H,2,6,8-9H2,1H3. The second kappa shape index (κ2) is 6.78. The van der Waals surface area contributed by atoms with Crippen LogP contribution < -0.4 is 0 Å². The maximum atomic E-state index is 11.7. The summed E-state index contributed by atoms with van der Waals surface area (Å²) in [6, 6.07) is 3.62. The minimum absolute atomic E-state index is 0.284. The van der Waals surface area contributed by atoms with Gasteiger partial charge >= 0.3 is 6.09 Å². The number of hydrogen-bond donors (Lipinski definition) is 0. The molecule has 0 bridgehead atoms. The van der Waals surface area contributed by atoms with Gasteiger partial charge in [0.2, 0.25) is 0 Å². The molecular weight excluding hydrogens is 318 g/mol. The summed E-state index contributed by atoms with van der Waals surface area (Å²) in [5.74, 6) is 0. The Labute approximate surface area is 138 Å². The molecule has 23 heavy (non-hydrogen) atoms. The molecule has 0 atom stereocenters. The summed E-state index contributed by atoms with van der Waals surface area (Å²) in [5.41, 5.74) is 2.50. The fourth-order valence-corrected chi connectivity index (χ4v) is 2.57. The highest BCUT2D eigenvalue weighted by Gasteiger charge is 2.20. The number of pyridine rings is 1. The molecule has 0 N–H and O–H groups in total. The van der Waals surface area contributed by atoms with Gasteiger partial charge in [0, 0.05) is 19.3 Å². The number of ether oxygens (including phenoxy) is 1. The van der Waals surface area contributed by atoms with Gasteiger partial charge in [0.1, 0.15) is 11.4 Å². The van der Waals surface area contributed by atoms with E-state index in [0.29, 0.717) is 37.0 Å². The van der Waals surface area contributed by atoms with Crippen LogP contribution in [0.4, 0.5) is 4.79 Å². The summed E-state index contributed by atoms with van der Waals surface area (Å²) in [5, 5.41) is 8.66. The largest absolute Gasteiger partial charge is 0.450 e. The number of aromatic nitrogens is 4. The van der Waals surface area contributed by atoms with E-state index < -0.39 is 0 Å². The zero-order chi connectivity index (χ0) is 16.2. The van der Waals surface area contributed by atoms with E-state index in [1.54, 1.807) is 28.8 Å². The monoisotopic (exact) mass is 333 g/mol. The molecule has 8 heteroatoms. The Morgan fingerprint density at radius 3 is 3.04 bits per heavy atom. The van der Waals surface area contributed by atoms with Crippen LogP contribution in [-0.2, 0) is 4.74 Å². The van der Waals surface area contributed by atoms with E-state index in [1.807, 2.05) is 18.3 Å². The molecule has 2 aromatic heterocycles. The van der Waals surface area contributed by atoms with Gasteiger partial charge < -0.3 is 9.64 Å². The summed E-state index contributed by atoms with van der Waals surface area (Å²) < 4.78 is 6.60. The van der Waals surface area contributed by atoms with Crippen molar-refractivity contribution in [2.45, 2.75) is 13.3 Å². The van der Waals surface area contributed by atoms with Gasteiger partial charge in [-0.3, -0.25) is 0 Å². The van der Waals surface area contributed by atoms with Crippen LogP contribution in [-0.4, -0.2) is 50.7 Å². The van der Waals surface area contributed by atoms with Gasteiger partial charge in [0.25, 0.3) is 0 Å². The topological polar surface area (TPSA) is 73.1 Å². The van der Waals surface area contributed by atoms with Crippen molar-refractivity contribution >= 4 is 23.3 Å². The molecule has 0 spiro atoms. The van der Waals surface area contributed by atoms with E-state index in [2.05, 4.69) is 15.3 Å². The van der Waals surface area contributed by atoms with Gasteiger partial charge in [-0.2, -0.15) is 0 Å². The highest BCUT2D eigenvalue weighted by atomic mass is 35.5. The first-order valence-electron chi connectivity index (χ1n) is 7.33. The lowest BCUT2D eigenvalue weighted by molar-refractivity contribution is 0.111. The van der Waals surface area contributed by atoms with Gasteiger partial charge in [-0.25, -0.2) is 14.5 Å². The summed E-state index contributed by atoms with van der Waals surface area (Å²) in [7, 11) is 0. The molecule has 7 nitrogen and oxygen atoms in total. The number of nitrogens with zero attached hydrogens (tertiary/aromatic N) is 5. The maximum absolute atomic E-state index is 11.7. The molecule has 0 saturated heterocycles. The lowest BCUT2D eigenvalue weighted by atomic mass is 10.1. The summed E-state index contributed by atoms with van der Waals surface area (Å²) >= 11 is 6.07. The second-order valence-electron chi connectivity index (χ2n) is 4.99. The van der Waals surface area contributed by atoms with Crippen LogP contribution in [0.5, 0.6) is 0 Å². The zero-order valence-corrected chi connectivity index (χ0v) is 13.4. The van der Waals surface area contributed by atoms with Gasteiger partial charge in [-0.05, 0) is 31.1 Å². The van der Waals surface area contributed by atoms with Crippen LogP contribution in [0.25, 0.3) is 11.3 Å². The average molecular weight is 334 g/mol. The molecule has 2 aromatic rings. The molecule has 1 amide bonds. The Bertz CT molecular complexity index is 743. The Hall–Kier alpha value is -2.41. The van der Waals surface area contributed by atoms with Gasteiger partial charge in [-0.1, -0.05) is 22.9 Å². The molecule has 0 saturated carbocycles. The Morgan fingerprint density at radius 2 is 2.35 bits per heavy atom. The minimum Gasteiger partial charge on any atom is -0.450 e. The second-order valence-corrected chi connectivity index (χ2v) is 5.34. The summed E-state index contributed by atoms with van der Waals surface area (Å²) in [4.78, 5) is 17.4. The van der Waals surface area contributed by atoms with E-state index in [0.717, 1.165) is 11.3 Å². The van der Waals surface area contributed by atoms with Crippen molar-refractivity contribution in [2.75, 3.05) is 19.7 Å². The van der Waals surface area contributed by atoms with E-state index in [-0.39, 0.29) is 6.09 Å². The maximum Gasteiger partial charge on any atom is 0.410 e. The van der Waals surface area contributed by atoms with Gasteiger partial charge in [0.15, 0.2) is 5.15 Å². The molecule has 120 valence electrons. The van der Waals surface area contributed by atoms with Crippen LogP contribution in [0.1, 0.15) is 19.0 Å². The molecule has 3 rings (SSSR count). The van der Waals surface area contributed by atoms with Gasteiger partial charge in [0.05, 0.1) is 12.8 Å². The van der Waals surface area contributed by atoms with E-state index in [4.69, 9.17) is 16.3 Å². The van der Waals surface area contributed by atoms with E-state index >= 15 is 0 Å². The fourth-order valence-electron chi connectivity index (χ4n) is 2.36. The molecule has 1 aliphatic rings. The average Bonchev–Trinajstić information content (AvgIpc) is 3.05. The molecule has 0 unspecified atom stereocenters. The summed E-state index contributed by atoms with van der Waals surface area (Å²) in [6.45, 7) is 3.29. The van der Waals surface area contributed by atoms with Crippen molar-refractivity contribution < 1.29 is 9.53 Å². The number of carbonyl (C=O) groups excluding carboxylic acids is 1. The Balaban J connectivity index is 1.75. The zero-order valence-electron chi connectivity index (χ0n) is 12.6. The molecule has 0 fully saturated rings. The van der Waals surface area contributed by atoms with Crippen LogP contribution in [0.3, 0.4) is 0 Å². The predicted molar refractivity (Wildman–Crippen MR) is 85.4 cm³/mol. The van der Waals surface area contributed by atoms with Crippen LogP contribution in [0.15, 0.2) is 30.6 Å². The number of rotatable bonds is 3. The van der Waals surface area contributed by atoms with Crippen molar-refractivity contribution in [3.8, 4) is 5.69 Å². The number of carbonyl (C=O) groups is 1. The van der Waals surface area contributed by atoms with Crippen molar-refractivity contribution in [3.05, 3.63) is 41.4 Å². The van der Waals surface area contributed by atoms with Crippen LogP contribution in [0.2, 0.25) is 5.15 Å². The Kier molecular flexibility index (Phi) is 4.57. The molecule has 0 radical (unpaired) electrons. The van der Waals surface area contributed by atoms with E-state index in [1.165, 1.54) is 0 Å². The first-order valence-corrected chi connectivity index (χ1v) is 7.71. The predicted octanol–water partition coefficient (Wildman–Crippen LogP) is 2.56. The molecule has 1 aliphatic heterocycles. The molecule has 0 aliphatic carbocycles. The van der Waals surface area contributed by atoms with Crippen molar-refractivity contribution in [3.63, 3.8) is 0 Å². The smallest absolute Gasteiger partial charge is 0.410 e. The molecule has 3 heterocycles. The number of amides is 1. The van der Waals surface area contributed by atoms with Crippen molar-refractivity contribution in [2.24, 2.45) is 0 Å². The van der Waals surface area contributed by atoms with Crippen LogP contribution >= 0.6 is 11.6 Å². The highest BCUT2D eigenvalue weighted by molar-refractivity contribution is 6.31. The first kappa shape index (κ1) is 15.5.